The number of anilines is 1. The van der Waals surface area contributed by atoms with E-state index in [9.17, 15) is 0 Å². The van der Waals surface area contributed by atoms with Crippen molar-refractivity contribution in [3.63, 3.8) is 0 Å². The summed E-state index contributed by atoms with van der Waals surface area (Å²) in [6.45, 7) is 8.06. The zero-order chi connectivity index (χ0) is 12.6. The van der Waals surface area contributed by atoms with Crippen molar-refractivity contribution < 1.29 is 0 Å². The van der Waals surface area contributed by atoms with Gasteiger partial charge in [-0.05, 0) is 54.3 Å². The summed E-state index contributed by atoms with van der Waals surface area (Å²) >= 11 is 0. The molecule has 0 radical (unpaired) electrons. The minimum Gasteiger partial charge on any atom is -0.385 e. The average molecular weight is 244 g/mol. The van der Waals surface area contributed by atoms with Crippen LogP contribution in [-0.4, -0.2) is 13.1 Å². The summed E-state index contributed by atoms with van der Waals surface area (Å²) in [7, 11) is 0. The monoisotopic (exact) mass is 244 g/mol. The molecule has 1 aliphatic heterocycles. The Hall–Kier alpha value is -1.02. The number of fused-ring (bicyclic) bond motifs is 1. The van der Waals surface area contributed by atoms with Gasteiger partial charge < -0.3 is 10.6 Å². The van der Waals surface area contributed by atoms with E-state index in [-0.39, 0.29) is 0 Å². The molecule has 0 bridgehead atoms. The van der Waals surface area contributed by atoms with Crippen LogP contribution in [0.1, 0.15) is 37.8 Å². The fourth-order valence-corrected chi connectivity index (χ4v) is 3.06. The Balaban J connectivity index is 1.59. The molecule has 1 saturated carbocycles. The summed E-state index contributed by atoms with van der Waals surface area (Å²) in [6, 6.07) is 6.66. The molecule has 1 aliphatic carbocycles. The quantitative estimate of drug-likeness (QED) is 0.850. The van der Waals surface area contributed by atoms with Gasteiger partial charge in [0, 0.05) is 18.8 Å². The summed E-state index contributed by atoms with van der Waals surface area (Å²) in [5.41, 5.74) is 4.96. The fraction of sp³-hybridized carbons (Fsp3) is 0.625. The van der Waals surface area contributed by atoms with E-state index in [0.29, 0.717) is 5.41 Å². The third-order valence-electron chi connectivity index (χ3n) is 4.62. The van der Waals surface area contributed by atoms with Gasteiger partial charge in [0.25, 0.3) is 0 Å². The summed E-state index contributed by atoms with van der Waals surface area (Å²) < 4.78 is 0. The van der Waals surface area contributed by atoms with Crippen LogP contribution in [0.3, 0.4) is 0 Å². The van der Waals surface area contributed by atoms with Gasteiger partial charge in [-0.25, -0.2) is 0 Å². The van der Waals surface area contributed by atoms with Crippen molar-refractivity contribution in [2.24, 2.45) is 11.3 Å². The van der Waals surface area contributed by atoms with Crippen molar-refractivity contribution in [1.29, 1.82) is 0 Å². The minimum absolute atomic E-state index is 0.588. The molecule has 1 heterocycles. The van der Waals surface area contributed by atoms with Crippen LogP contribution in [0.2, 0.25) is 0 Å². The highest BCUT2D eigenvalue weighted by Crippen LogP contribution is 2.51. The van der Waals surface area contributed by atoms with Crippen LogP contribution in [0.15, 0.2) is 18.2 Å². The zero-order valence-corrected chi connectivity index (χ0v) is 11.6. The van der Waals surface area contributed by atoms with Crippen molar-refractivity contribution >= 4 is 5.69 Å². The molecule has 1 fully saturated rings. The first-order valence-corrected chi connectivity index (χ1v) is 7.22. The second-order valence-electron chi connectivity index (χ2n) is 6.49. The third kappa shape index (κ3) is 2.39. The standard InChI is InChI=1S/C16H24N2/c1-16(2)9-13(16)11-17-10-12-5-3-7-15-14(12)6-4-8-18-15/h3,5,7,13,17-18H,4,6,8-11H2,1-2H3. The van der Waals surface area contributed by atoms with Gasteiger partial charge in [0.05, 0.1) is 0 Å². The normalized spacial score (nSPS) is 24.2. The highest BCUT2D eigenvalue weighted by atomic mass is 14.9. The van der Waals surface area contributed by atoms with Gasteiger partial charge in [0.2, 0.25) is 0 Å². The van der Waals surface area contributed by atoms with Crippen LogP contribution >= 0.6 is 0 Å². The SMILES string of the molecule is CC1(C)CC1CNCc1cccc2c1CCCN2. The second kappa shape index (κ2) is 4.58. The van der Waals surface area contributed by atoms with E-state index in [1.165, 1.54) is 42.6 Å². The van der Waals surface area contributed by atoms with Gasteiger partial charge in [0.15, 0.2) is 0 Å². The third-order valence-corrected chi connectivity index (χ3v) is 4.62. The van der Waals surface area contributed by atoms with Crippen LogP contribution in [0.4, 0.5) is 5.69 Å². The molecular formula is C16H24N2. The molecule has 3 rings (SSSR count). The summed E-state index contributed by atoms with van der Waals surface area (Å²) in [5, 5.41) is 7.14. The lowest BCUT2D eigenvalue weighted by molar-refractivity contribution is 0.519. The Bertz CT molecular complexity index is 437. The summed E-state index contributed by atoms with van der Waals surface area (Å²) in [6.07, 6.45) is 3.88. The van der Waals surface area contributed by atoms with Crippen LogP contribution in [0.25, 0.3) is 0 Å². The first-order valence-electron chi connectivity index (χ1n) is 7.22. The number of benzene rings is 1. The molecule has 2 nitrogen and oxygen atoms in total. The molecule has 0 saturated heterocycles. The number of rotatable bonds is 4. The Morgan fingerprint density at radius 3 is 3.00 bits per heavy atom. The molecule has 1 unspecified atom stereocenters. The summed E-state index contributed by atoms with van der Waals surface area (Å²) in [5.74, 6) is 0.884. The highest BCUT2D eigenvalue weighted by Gasteiger charge is 2.44. The van der Waals surface area contributed by atoms with E-state index in [1.54, 1.807) is 0 Å². The van der Waals surface area contributed by atoms with Gasteiger partial charge in [-0.3, -0.25) is 0 Å². The first-order chi connectivity index (χ1) is 8.67. The molecule has 2 heteroatoms. The van der Waals surface area contributed by atoms with Crippen molar-refractivity contribution in [2.45, 2.75) is 39.7 Å². The lowest BCUT2D eigenvalue weighted by Gasteiger charge is -2.21. The molecule has 0 amide bonds. The van der Waals surface area contributed by atoms with Crippen molar-refractivity contribution in [3.05, 3.63) is 29.3 Å². The van der Waals surface area contributed by atoms with E-state index in [2.05, 4.69) is 42.7 Å². The Labute approximate surface area is 110 Å². The predicted octanol–water partition coefficient (Wildman–Crippen LogP) is 3.18. The van der Waals surface area contributed by atoms with Crippen LogP contribution < -0.4 is 10.6 Å². The maximum atomic E-state index is 3.64. The predicted molar refractivity (Wildman–Crippen MR) is 76.8 cm³/mol. The van der Waals surface area contributed by atoms with E-state index in [0.717, 1.165) is 19.0 Å². The van der Waals surface area contributed by atoms with Gasteiger partial charge in [-0.1, -0.05) is 26.0 Å². The Kier molecular flexibility index (Phi) is 3.06. The topological polar surface area (TPSA) is 24.1 Å². The molecule has 1 aromatic rings. The molecular weight excluding hydrogens is 220 g/mol. The largest absolute Gasteiger partial charge is 0.385 e. The molecule has 1 aromatic carbocycles. The highest BCUT2D eigenvalue weighted by molar-refractivity contribution is 5.56. The van der Waals surface area contributed by atoms with Crippen molar-refractivity contribution in [2.75, 3.05) is 18.4 Å². The van der Waals surface area contributed by atoms with Gasteiger partial charge >= 0.3 is 0 Å². The molecule has 1 atom stereocenters. The van der Waals surface area contributed by atoms with E-state index in [1.807, 2.05) is 0 Å². The number of hydrogen-bond donors (Lipinski definition) is 2. The van der Waals surface area contributed by atoms with Gasteiger partial charge in [-0.2, -0.15) is 0 Å². The van der Waals surface area contributed by atoms with Gasteiger partial charge in [0.1, 0.15) is 0 Å². The van der Waals surface area contributed by atoms with Crippen molar-refractivity contribution in [3.8, 4) is 0 Å². The van der Waals surface area contributed by atoms with Crippen LogP contribution in [-0.2, 0) is 13.0 Å². The Morgan fingerprint density at radius 2 is 2.22 bits per heavy atom. The number of nitrogens with one attached hydrogen (secondary N) is 2. The Morgan fingerprint density at radius 1 is 1.39 bits per heavy atom. The first kappa shape index (κ1) is 12.0. The van der Waals surface area contributed by atoms with E-state index < -0.39 is 0 Å². The minimum atomic E-state index is 0.588. The average Bonchev–Trinajstić information content (AvgIpc) is 2.97. The van der Waals surface area contributed by atoms with Crippen molar-refractivity contribution in [1.82, 2.24) is 5.32 Å². The zero-order valence-electron chi connectivity index (χ0n) is 11.6. The van der Waals surface area contributed by atoms with E-state index in [4.69, 9.17) is 0 Å². The number of hydrogen-bond acceptors (Lipinski definition) is 2. The molecule has 2 aliphatic rings. The maximum absolute atomic E-state index is 3.64. The fourth-order valence-electron chi connectivity index (χ4n) is 3.06. The molecule has 98 valence electrons. The van der Waals surface area contributed by atoms with Gasteiger partial charge in [-0.15, -0.1) is 0 Å². The molecule has 0 spiro atoms. The maximum Gasteiger partial charge on any atom is 0.0375 e. The summed E-state index contributed by atoms with van der Waals surface area (Å²) in [4.78, 5) is 0. The van der Waals surface area contributed by atoms with E-state index >= 15 is 0 Å². The van der Waals surface area contributed by atoms with Crippen LogP contribution in [0.5, 0.6) is 0 Å². The molecule has 0 aromatic heterocycles. The smallest absolute Gasteiger partial charge is 0.0375 e. The lowest BCUT2D eigenvalue weighted by atomic mass is 9.97. The molecule has 2 N–H and O–H groups in total. The lowest BCUT2D eigenvalue weighted by Crippen LogP contribution is -2.21. The molecule has 18 heavy (non-hydrogen) atoms. The second-order valence-corrected chi connectivity index (χ2v) is 6.49. The van der Waals surface area contributed by atoms with Crippen LogP contribution in [0, 0.1) is 11.3 Å².